The summed E-state index contributed by atoms with van der Waals surface area (Å²) in [7, 11) is 0. The lowest BCUT2D eigenvalue weighted by Gasteiger charge is -2.15. The summed E-state index contributed by atoms with van der Waals surface area (Å²) in [6.45, 7) is 2.02. The van der Waals surface area contributed by atoms with Gasteiger partial charge in [0.1, 0.15) is 24.7 Å². The van der Waals surface area contributed by atoms with Crippen molar-refractivity contribution in [2.24, 2.45) is 0 Å². The Morgan fingerprint density at radius 1 is 1.06 bits per heavy atom. The van der Waals surface area contributed by atoms with Gasteiger partial charge in [-0.2, -0.15) is 0 Å². The molecule has 0 radical (unpaired) electrons. The van der Waals surface area contributed by atoms with Crippen molar-refractivity contribution in [2.75, 3.05) is 26.2 Å². The average molecular weight is 494 g/mol. The number of hydrogen-bond donors (Lipinski definition) is 0. The van der Waals surface area contributed by atoms with E-state index in [4.69, 9.17) is 4.74 Å². The number of para-hydroxylation sites is 1. The highest BCUT2D eigenvalue weighted by atomic mass is 32.2. The fourth-order valence-corrected chi connectivity index (χ4v) is 5.21. The van der Waals surface area contributed by atoms with E-state index in [1.54, 1.807) is 6.08 Å². The molecule has 35 heavy (non-hydrogen) atoms. The first-order valence-electron chi connectivity index (χ1n) is 11.5. The molecule has 0 bridgehead atoms. The molecule has 0 unspecified atom stereocenters. The number of ether oxygens (including phenoxy) is 1. The minimum absolute atomic E-state index is 0.0799. The Morgan fingerprint density at radius 2 is 1.80 bits per heavy atom. The lowest BCUT2D eigenvalue weighted by molar-refractivity contribution is -0.130. The van der Waals surface area contributed by atoms with Crippen LogP contribution >= 0.6 is 11.8 Å². The Morgan fingerprint density at radius 3 is 2.57 bits per heavy atom. The van der Waals surface area contributed by atoms with Crippen molar-refractivity contribution in [3.63, 3.8) is 0 Å². The number of aromatic nitrogens is 1. The number of carbonyl (C=O) groups is 3. The lowest BCUT2D eigenvalue weighted by atomic mass is 10.1. The SMILES string of the molecule is O=C(Cn1cc(/C=C2\SC(=O)N(CCOc3ccc(F)cc3)C2=O)c2ccccc21)N1CCCC1. The van der Waals surface area contributed by atoms with Crippen molar-refractivity contribution in [1.82, 2.24) is 14.4 Å². The summed E-state index contributed by atoms with van der Waals surface area (Å²) >= 11 is 0.886. The fraction of sp³-hybridized carbons (Fsp3) is 0.269. The molecule has 9 heteroatoms. The van der Waals surface area contributed by atoms with Crippen molar-refractivity contribution >= 4 is 45.8 Å². The van der Waals surface area contributed by atoms with Crippen LogP contribution in [-0.2, 0) is 16.1 Å². The van der Waals surface area contributed by atoms with Gasteiger partial charge in [-0.3, -0.25) is 19.3 Å². The van der Waals surface area contributed by atoms with Gasteiger partial charge in [0.2, 0.25) is 5.91 Å². The molecule has 0 aliphatic carbocycles. The Labute approximate surface area is 206 Å². The monoisotopic (exact) mass is 493 g/mol. The topological polar surface area (TPSA) is 71.9 Å². The van der Waals surface area contributed by atoms with Gasteiger partial charge in [0, 0.05) is 35.8 Å². The first-order valence-corrected chi connectivity index (χ1v) is 12.3. The molecule has 2 saturated heterocycles. The summed E-state index contributed by atoms with van der Waals surface area (Å²) in [5.41, 5.74) is 1.68. The molecule has 2 fully saturated rings. The zero-order valence-corrected chi connectivity index (χ0v) is 19.8. The Bertz CT molecular complexity index is 1310. The molecule has 7 nitrogen and oxygen atoms in total. The predicted octanol–water partition coefficient (Wildman–Crippen LogP) is 4.52. The standard InChI is InChI=1S/C26H24FN3O4S/c27-19-7-9-20(10-8-19)34-14-13-30-25(32)23(35-26(30)33)15-18-16-29(22-6-2-1-5-21(18)22)17-24(31)28-11-3-4-12-28/h1-2,5-10,15-16H,3-4,11-14,17H2/b23-15-. The van der Waals surface area contributed by atoms with Gasteiger partial charge in [-0.25, -0.2) is 4.39 Å². The zero-order chi connectivity index (χ0) is 24.4. The molecule has 5 rings (SSSR count). The summed E-state index contributed by atoms with van der Waals surface area (Å²) in [6.07, 6.45) is 5.65. The van der Waals surface area contributed by atoms with Gasteiger partial charge in [-0.1, -0.05) is 18.2 Å². The van der Waals surface area contributed by atoms with E-state index in [-0.39, 0.29) is 42.6 Å². The lowest BCUT2D eigenvalue weighted by Crippen LogP contribution is -2.32. The molecular formula is C26H24FN3O4S. The maximum absolute atomic E-state index is 13.0. The van der Waals surface area contributed by atoms with E-state index in [1.807, 2.05) is 39.9 Å². The average Bonchev–Trinajstić information content (AvgIpc) is 3.57. The predicted molar refractivity (Wildman–Crippen MR) is 132 cm³/mol. The highest BCUT2D eigenvalue weighted by Crippen LogP contribution is 2.34. The number of benzene rings is 2. The van der Waals surface area contributed by atoms with Crippen LogP contribution in [0, 0.1) is 5.82 Å². The van der Waals surface area contributed by atoms with Gasteiger partial charge in [-0.05, 0) is 61.0 Å². The van der Waals surface area contributed by atoms with Crippen LogP contribution < -0.4 is 4.74 Å². The molecule has 2 aliphatic heterocycles. The third-order valence-corrected chi connectivity index (χ3v) is 7.05. The minimum Gasteiger partial charge on any atom is -0.492 e. The smallest absolute Gasteiger partial charge is 0.293 e. The number of imide groups is 1. The van der Waals surface area contributed by atoms with Crippen molar-refractivity contribution in [1.29, 1.82) is 0 Å². The third kappa shape index (κ3) is 4.95. The van der Waals surface area contributed by atoms with Crippen molar-refractivity contribution in [2.45, 2.75) is 19.4 Å². The van der Waals surface area contributed by atoms with E-state index in [0.717, 1.165) is 59.1 Å². The van der Waals surface area contributed by atoms with Crippen LogP contribution in [-0.4, -0.2) is 57.7 Å². The van der Waals surface area contributed by atoms with E-state index in [1.165, 1.54) is 24.3 Å². The van der Waals surface area contributed by atoms with Crippen LogP contribution in [0.5, 0.6) is 5.75 Å². The molecular weight excluding hydrogens is 469 g/mol. The number of carbonyl (C=O) groups excluding carboxylic acids is 3. The van der Waals surface area contributed by atoms with Crippen LogP contribution in [0.3, 0.4) is 0 Å². The normalized spacial score (nSPS) is 17.2. The molecule has 3 heterocycles. The van der Waals surface area contributed by atoms with Gasteiger partial charge >= 0.3 is 0 Å². The van der Waals surface area contributed by atoms with Crippen LogP contribution in [0.1, 0.15) is 18.4 Å². The molecule has 3 amide bonds. The van der Waals surface area contributed by atoms with E-state index >= 15 is 0 Å². The number of nitrogens with zero attached hydrogens (tertiary/aromatic N) is 3. The molecule has 2 aliphatic rings. The van der Waals surface area contributed by atoms with Crippen LogP contribution in [0.25, 0.3) is 17.0 Å². The summed E-state index contributed by atoms with van der Waals surface area (Å²) in [5.74, 6) is -0.204. The number of rotatable bonds is 7. The largest absolute Gasteiger partial charge is 0.492 e. The van der Waals surface area contributed by atoms with Crippen molar-refractivity contribution in [3.05, 3.63) is 71.0 Å². The fourth-order valence-electron chi connectivity index (χ4n) is 4.35. The number of thioether (sulfide) groups is 1. The molecule has 0 atom stereocenters. The first kappa shape index (κ1) is 23.2. The maximum Gasteiger partial charge on any atom is 0.293 e. The first-order chi connectivity index (χ1) is 17.0. The summed E-state index contributed by atoms with van der Waals surface area (Å²) < 4.78 is 20.5. The Balaban J connectivity index is 1.31. The quantitative estimate of drug-likeness (QED) is 0.453. The maximum atomic E-state index is 13.0. The molecule has 0 N–H and O–H groups in total. The van der Waals surface area contributed by atoms with Crippen LogP contribution in [0.15, 0.2) is 59.6 Å². The van der Waals surface area contributed by atoms with E-state index in [9.17, 15) is 18.8 Å². The van der Waals surface area contributed by atoms with Gasteiger partial charge < -0.3 is 14.2 Å². The number of halogens is 1. The molecule has 1 aromatic heterocycles. The number of likely N-dealkylation sites (tertiary alicyclic amines) is 1. The highest BCUT2D eigenvalue weighted by Gasteiger charge is 2.35. The van der Waals surface area contributed by atoms with Gasteiger partial charge in [-0.15, -0.1) is 0 Å². The molecule has 180 valence electrons. The number of fused-ring (bicyclic) bond motifs is 1. The Kier molecular flexibility index (Phi) is 6.59. The van der Waals surface area contributed by atoms with Crippen molar-refractivity contribution in [3.8, 4) is 5.75 Å². The van der Waals surface area contributed by atoms with E-state index < -0.39 is 0 Å². The van der Waals surface area contributed by atoms with Crippen LogP contribution in [0.4, 0.5) is 9.18 Å². The molecule has 0 spiro atoms. The molecule has 0 saturated carbocycles. The number of hydrogen-bond acceptors (Lipinski definition) is 5. The molecule has 2 aromatic carbocycles. The van der Waals surface area contributed by atoms with Crippen molar-refractivity contribution < 1.29 is 23.5 Å². The summed E-state index contributed by atoms with van der Waals surface area (Å²) in [5, 5.41) is 0.546. The second-order valence-corrected chi connectivity index (χ2v) is 9.45. The van der Waals surface area contributed by atoms with E-state index in [2.05, 4.69) is 0 Å². The Hall–Kier alpha value is -3.59. The van der Waals surface area contributed by atoms with Gasteiger partial charge in [0.25, 0.3) is 11.1 Å². The zero-order valence-electron chi connectivity index (χ0n) is 19.0. The van der Waals surface area contributed by atoms with Gasteiger partial charge in [0.15, 0.2) is 0 Å². The number of amides is 3. The summed E-state index contributed by atoms with van der Waals surface area (Å²) in [6, 6.07) is 13.3. The third-order valence-electron chi connectivity index (χ3n) is 6.14. The second-order valence-electron chi connectivity index (χ2n) is 8.45. The molecule has 3 aromatic rings. The summed E-state index contributed by atoms with van der Waals surface area (Å²) in [4.78, 5) is 41.5. The van der Waals surface area contributed by atoms with Crippen LogP contribution in [0.2, 0.25) is 0 Å². The van der Waals surface area contributed by atoms with E-state index in [0.29, 0.717) is 10.7 Å². The van der Waals surface area contributed by atoms with Gasteiger partial charge in [0.05, 0.1) is 11.4 Å². The second kappa shape index (κ2) is 9.95. The highest BCUT2D eigenvalue weighted by molar-refractivity contribution is 8.18. The minimum atomic E-state index is -0.382.